The molecule has 2 unspecified atom stereocenters. The number of rotatable bonds is 11. The SMILES string of the molecule is CC(CCCNC(=O)OCC1c2ccccc2-c2ccccc21)C(=O)NC(CC(=O)O)C1CCC1. The van der Waals surface area contributed by atoms with E-state index in [4.69, 9.17) is 9.84 Å². The predicted molar refractivity (Wildman–Crippen MR) is 133 cm³/mol. The number of ether oxygens (including phenoxy) is 1. The van der Waals surface area contributed by atoms with Gasteiger partial charge in [0.1, 0.15) is 6.61 Å². The second-order valence-corrected chi connectivity index (χ2v) is 9.70. The molecule has 4 rings (SSSR count). The Labute approximate surface area is 206 Å². The number of carbonyl (C=O) groups is 3. The van der Waals surface area contributed by atoms with E-state index < -0.39 is 12.1 Å². The average Bonchev–Trinajstić information content (AvgIpc) is 3.12. The van der Waals surface area contributed by atoms with Gasteiger partial charge in [0.15, 0.2) is 0 Å². The zero-order valence-corrected chi connectivity index (χ0v) is 20.2. The van der Waals surface area contributed by atoms with Crippen molar-refractivity contribution in [3.8, 4) is 11.1 Å². The van der Waals surface area contributed by atoms with Crippen molar-refractivity contribution in [1.29, 1.82) is 0 Å². The number of hydrogen-bond acceptors (Lipinski definition) is 4. The first-order valence-corrected chi connectivity index (χ1v) is 12.5. The van der Waals surface area contributed by atoms with Crippen LogP contribution in [0.1, 0.15) is 62.5 Å². The van der Waals surface area contributed by atoms with E-state index in [1.54, 1.807) is 0 Å². The first-order valence-electron chi connectivity index (χ1n) is 12.5. The molecule has 0 aromatic heterocycles. The van der Waals surface area contributed by atoms with Gasteiger partial charge in [-0.1, -0.05) is 61.9 Å². The van der Waals surface area contributed by atoms with Crippen molar-refractivity contribution in [2.75, 3.05) is 13.2 Å². The molecule has 2 aliphatic carbocycles. The molecule has 2 aliphatic rings. The van der Waals surface area contributed by atoms with Crippen LogP contribution in [0.5, 0.6) is 0 Å². The minimum Gasteiger partial charge on any atom is -0.481 e. The largest absolute Gasteiger partial charge is 0.481 e. The van der Waals surface area contributed by atoms with Crippen LogP contribution in [-0.4, -0.2) is 42.3 Å². The second-order valence-electron chi connectivity index (χ2n) is 9.70. The summed E-state index contributed by atoms with van der Waals surface area (Å²) in [7, 11) is 0. The molecule has 0 spiro atoms. The molecule has 2 amide bonds. The van der Waals surface area contributed by atoms with Gasteiger partial charge in [-0.05, 0) is 53.9 Å². The van der Waals surface area contributed by atoms with E-state index >= 15 is 0 Å². The molecule has 0 saturated heterocycles. The molecule has 0 heterocycles. The molecule has 0 bridgehead atoms. The molecular formula is C28H34N2O5. The number of aliphatic carboxylic acids is 1. The Balaban J connectivity index is 1.18. The molecule has 186 valence electrons. The summed E-state index contributed by atoms with van der Waals surface area (Å²) in [6.07, 6.45) is 3.76. The van der Waals surface area contributed by atoms with Crippen molar-refractivity contribution >= 4 is 18.0 Å². The lowest BCUT2D eigenvalue weighted by molar-refractivity contribution is -0.138. The lowest BCUT2D eigenvalue weighted by Crippen LogP contribution is -2.46. The average molecular weight is 479 g/mol. The molecule has 1 fully saturated rings. The highest BCUT2D eigenvalue weighted by Gasteiger charge is 2.31. The van der Waals surface area contributed by atoms with Crippen LogP contribution < -0.4 is 10.6 Å². The van der Waals surface area contributed by atoms with E-state index in [2.05, 4.69) is 34.9 Å². The van der Waals surface area contributed by atoms with Crippen LogP contribution >= 0.6 is 0 Å². The van der Waals surface area contributed by atoms with Crippen LogP contribution in [0.15, 0.2) is 48.5 Å². The van der Waals surface area contributed by atoms with Gasteiger partial charge in [0, 0.05) is 24.4 Å². The number of amides is 2. The third-order valence-corrected chi connectivity index (χ3v) is 7.32. The Morgan fingerprint density at radius 3 is 2.23 bits per heavy atom. The Bertz CT molecular complexity index is 1020. The summed E-state index contributed by atoms with van der Waals surface area (Å²) in [5, 5.41) is 14.9. The number of alkyl carbamates (subject to hydrolysis) is 1. The number of carboxylic acids is 1. The summed E-state index contributed by atoms with van der Waals surface area (Å²) in [6, 6.07) is 16.1. The van der Waals surface area contributed by atoms with Crippen molar-refractivity contribution in [3.63, 3.8) is 0 Å². The van der Waals surface area contributed by atoms with Gasteiger partial charge >= 0.3 is 12.1 Å². The molecule has 2 atom stereocenters. The van der Waals surface area contributed by atoms with Crippen molar-refractivity contribution < 1.29 is 24.2 Å². The highest BCUT2D eigenvalue weighted by atomic mass is 16.5. The summed E-state index contributed by atoms with van der Waals surface area (Å²) in [5.41, 5.74) is 4.72. The van der Waals surface area contributed by atoms with Crippen molar-refractivity contribution in [1.82, 2.24) is 10.6 Å². The number of carboxylic acid groups (broad SMARTS) is 1. The van der Waals surface area contributed by atoms with E-state index in [-0.39, 0.29) is 42.7 Å². The van der Waals surface area contributed by atoms with Crippen LogP contribution in [0.25, 0.3) is 11.1 Å². The highest BCUT2D eigenvalue weighted by Crippen LogP contribution is 2.44. The zero-order chi connectivity index (χ0) is 24.8. The van der Waals surface area contributed by atoms with Crippen LogP contribution in [0.3, 0.4) is 0 Å². The van der Waals surface area contributed by atoms with E-state index in [1.807, 2.05) is 31.2 Å². The number of fused-ring (bicyclic) bond motifs is 3. The number of nitrogens with one attached hydrogen (secondary N) is 2. The molecule has 0 radical (unpaired) electrons. The van der Waals surface area contributed by atoms with E-state index in [0.717, 1.165) is 19.3 Å². The van der Waals surface area contributed by atoms with Gasteiger partial charge in [-0.15, -0.1) is 0 Å². The first-order chi connectivity index (χ1) is 16.9. The second kappa shape index (κ2) is 11.4. The van der Waals surface area contributed by atoms with Gasteiger partial charge in [-0.3, -0.25) is 9.59 Å². The fourth-order valence-electron chi connectivity index (χ4n) is 5.07. The smallest absolute Gasteiger partial charge is 0.407 e. The van der Waals surface area contributed by atoms with Crippen LogP contribution in [0.2, 0.25) is 0 Å². The van der Waals surface area contributed by atoms with Crippen molar-refractivity contribution in [2.45, 2.75) is 57.4 Å². The summed E-state index contributed by atoms with van der Waals surface area (Å²) >= 11 is 0. The van der Waals surface area contributed by atoms with Crippen molar-refractivity contribution in [2.24, 2.45) is 11.8 Å². The number of benzene rings is 2. The molecule has 2 aromatic carbocycles. The lowest BCUT2D eigenvalue weighted by Gasteiger charge is -2.34. The van der Waals surface area contributed by atoms with Gasteiger partial charge in [-0.2, -0.15) is 0 Å². The Kier molecular flexibility index (Phi) is 8.06. The maximum atomic E-state index is 12.5. The minimum atomic E-state index is -0.887. The summed E-state index contributed by atoms with van der Waals surface area (Å²) in [5.74, 6) is -0.981. The monoisotopic (exact) mass is 478 g/mol. The third kappa shape index (κ3) is 6.02. The topological polar surface area (TPSA) is 105 Å². The Morgan fingerprint density at radius 2 is 1.66 bits per heavy atom. The van der Waals surface area contributed by atoms with Gasteiger partial charge < -0.3 is 20.5 Å². The highest BCUT2D eigenvalue weighted by molar-refractivity contribution is 5.80. The van der Waals surface area contributed by atoms with Crippen LogP contribution in [0.4, 0.5) is 4.79 Å². The van der Waals surface area contributed by atoms with Gasteiger partial charge in [0.25, 0.3) is 0 Å². The van der Waals surface area contributed by atoms with Gasteiger partial charge in [-0.25, -0.2) is 4.79 Å². The van der Waals surface area contributed by atoms with Gasteiger partial charge in [0.05, 0.1) is 6.42 Å². The molecule has 7 heteroatoms. The molecule has 1 saturated carbocycles. The van der Waals surface area contributed by atoms with Crippen molar-refractivity contribution in [3.05, 3.63) is 59.7 Å². The molecular weight excluding hydrogens is 444 g/mol. The molecule has 35 heavy (non-hydrogen) atoms. The third-order valence-electron chi connectivity index (χ3n) is 7.32. The lowest BCUT2D eigenvalue weighted by atomic mass is 9.78. The zero-order valence-electron chi connectivity index (χ0n) is 20.2. The Hall–Kier alpha value is -3.35. The fourth-order valence-corrected chi connectivity index (χ4v) is 5.07. The molecule has 0 aliphatic heterocycles. The number of hydrogen-bond donors (Lipinski definition) is 3. The summed E-state index contributed by atoms with van der Waals surface area (Å²) in [6.45, 7) is 2.52. The van der Waals surface area contributed by atoms with Gasteiger partial charge in [0.2, 0.25) is 5.91 Å². The van der Waals surface area contributed by atoms with E-state index in [1.165, 1.54) is 22.3 Å². The first kappa shape index (κ1) is 24.8. The minimum absolute atomic E-state index is 0.0197. The molecule has 7 nitrogen and oxygen atoms in total. The number of carbonyl (C=O) groups excluding carboxylic acids is 2. The summed E-state index contributed by atoms with van der Waals surface area (Å²) < 4.78 is 5.54. The summed E-state index contributed by atoms with van der Waals surface area (Å²) in [4.78, 5) is 36.0. The normalized spacial score (nSPS) is 16.4. The predicted octanol–water partition coefficient (Wildman–Crippen LogP) is 4.70. The molecule has 2 aromatic rings. The standard InChI is InChI=1S/C28H34N2O5/c1-18(27(33)30-25(16-26(31)32)19-9-6-10-19)8-7-15-29-28(34)35-17-24-22-13-4-2-11-20(22)21-12-3-5-14-23(21)24/h2-5,11-14,18-19,24-25H,6-10,15-17H2,1H3,(H,29,34)(H,30,33)(H,31,32). The van der Waals surface area contributed by atoms with E-state index in [9.17, 15) is 14.4 Å². The van der Waals surface area contributed by atoms with Crippen LogP contribution in [0, 0.1) is 11.8 Å². The Morgan fingerprint density at radius 1 is 1.03 bits per heavy atom. The maximum Gasteiger partial charge on any atom is 0.407 e. The fraction of sp³-hybridized carbons (Fsp3) is 0.464. The van der Waals surface area contributed by atoms with E-state index in [0.29, 0.717) is 19.4 Å². The quantitative estimate of drug-likeness (QED) is 0.406. The molecule has 3 N–H and O–H groups in total. The maximum absolute atomic E-state index is 12.5. The van der Waals surface area contributed by atoms with Crippen LogP contribution in [-0.2, 0) is 14.3 Å².